The number of nitrogens with zero attached hydrogens (tertiary/aromatic N) is 2. The standard InChI is InChI=1S/C16H25N3O2/c1-4-6-17-15-10-13(9-14(5-2)18-15)16(20)19-7-8-21-12(3)11-19/h9-10,12H,4-8,11H2,1-3H3,(H,17,18). The summed E-state index contributed by atoms with van der Waals surface area (Å²) in [5, 5.41) is 3.27. The Hall–Kier alpha value is -1.62. The molecule has 0 radical (unpaired) electrons. The van der Waals surface area contributed by atoms with Crippen LogP contribution in [0.5, 0.6) is 0 Å². The van der Waals surface area contributed by atoms with Crippen molar-refractivity contribution in [1.82, 2.24) is 9.88 Å². The number of hydrogen-bond acceptors (Lipinski definition) is 4. The van der Waals surface area contributed by atoms with Crippen LogP contribution in [-0.2, 0) is 11.2 Å². The lowest BCUT2D eigenvalue weighted by molar-refractivity contribution is -0.0124. The summed E-state index contributed by atoms with van der Waals surface area (Å²) < 4.78 is 5.50. The largest absolute Gasteiger partial charge is 0.375 e. The first kappa shape index (κ1) is 15.8. The number of ether oxygens (including phenoxy) is 1. The molecule has 0 spiro atoms. The second-order valence-electron chi connectivity index (χ2n) is 5.45. The molecule has 5 heteroatoms. The lowest BCUT2D eigenvalue weighted by Crippen LogP contribution is -2.44. The molecule has 1 atom stereocenters. The molecular weight excluding hydrogens is 266 g/mol. The number of carbonyl (C=O) groups is 1. The fourth-order valence-electron chi connectivity index (χ4n) is 2.42. The third-order valence-corrected chi connectivity index (χ3v) is 3.57. The maximum Gasteiger partial charge on any atom is 0.254 e. The van der Waals surface area contributed by atoms with Crippen molar-refractivity contribution in [2.24, 2.45) is 0 Å². The van der Waals surface area contributed by atoms with Gasteiger partial charge >= 0.3 is 0 Å². The Kier molecular flexibility index (Phi) is 5.56. The van der Waals surface area contributed by atoms with Crippen molar-refractivity contribution in [1.29, 1.82) is 0 Å². The summed E-state index contributed by atoms with van der Waals surface area (Å²) in [7, 11) is 0. The number of aryl methyl sites for hydroxylation is 1. The van der Waals surface area contributed by atoms with E-state index in [2.05, 4.69) is 24.1 Å². The maximum absolute atomic E-state index is 12.7. The van der Waals surface area contributed by atoms with Crippen LogP contribution in [0.2, 0.25) is 0 Å². The molecule has 0 bridgehead atoms. The monoisotopic (exact) mass is 291 g/mol. The second kappa shape index (κ2) is 7.41. The van der Waals surface area contributed by atoms with Crippen LogP contribution >= 0.6 is 0 Å². The van der Waals surface area contributed by atoms with Crippen LogP contribution in [0.15, 0.2) is 12.1 Å². The molecule has 1 fully saturated rings. The van der Waals surface area contributed by atoms with Gasteiger partial charge in [-0.05, 0) is 31.9 Å². The minimum atomic E-state index is 0.0711. The van der Waals surface area contributed by atoms with Crippen LogP contribution in [0, 0.1) is 0 Å². The van der Waals surface area contributed by atoms with Gasteiger partial charge in [-0.3, -0.25) is 4.79 Å². The Morgan fingerprint density at radius 1 is 1.48 bits per heavy atom. The van der Waals surface area contributed by atoms with E-state index in [4.69, 9.17) is 4.74 Å². The van der Waals surface area contributed by atoms with Gasteiger partial charge in [0.2, 0.25) is 0 Å². The molecule has 1 unspecified atom stereocenters. The summed E-state index contributed by atoms with van der Waals surface area (Å²) in [4.78, 5) is 19.0. The predicted molar refractivity (Wildman–Crippen MR) is 83.7 cm³/mol. The first-order valence-corrected chi connectivity index (χ1v) is 7.79. The summed E-state index contributed by atoms with van der Waals surface area (Å²) in [5.74, 6) is 0.864. The highest BCUT2D eigenvalue weighted by atomic mass is 16.5. The number of hydrogen-bond donors (Lipinski definition) is 1. The number of rotatable bonds is 5. The van der Waals surface area contributed by atoms with Crippen LogP contribution in [0.4, 0.5) is 5.82 Å². The van der Waals surface area contributed by atoms with Gasteiger partial charge in [0.05, 0.1) is 12.7 Å². The Morgan fingerprint density at radius 3 is 2.95 bits per heavy atom. The summed E-state index contributed by atoms with van der Waals surface area (Å²) in [6.45, 7) is 8.94. The van der Waals surface area contributed by atoms with Gasteiger partial charge in [0.25, 0.3) is 5.91 Å². The van der Waals surface area contributed by atoms with Crippen LogP contribution < -0.4 is 5.32 Å². The number of nitrogens with one attached hydrogen (secondary N) is 1. The zero-order valence-corrected chi connectivity index (χ0v) is 13.2. The molecule has 2 rings (SSSR count). The summed E-state index contributed by atoms with van der Waals surface area (Å²) in [6, 6.07) is 3.76. The highest BCUT2D eigenvalue weighted by Crippen LogP contribution is 2.15. The van der Waals surface area contributed by atoms with Crippen LogP contribution in [-0.4, -0.2) is 48.1 Å². The number of aromatic nitrogens is 1. The molecule has 1 aliphatic rings. The third-order valence-electron chi connectivity index (χ3n) is 3.57. The molecule has 21 heavy (non-hydrogen) atoms. The Labute approximate surface area is 126 Å². The van der Waals surface area contributed by atoms with Crippen LogP contribution in [0.1, 0.15) is 43.2 Å². The molecule has 116 valence electrons. The van der Waals surface area contributed by atoms with E-state index in [1.165, 1.54) is 0 Å². The fourth-order valence-corrected chi connectivity index (χ4v) is 2.42. The number of amides is 1. The quantitative estimate of drug-likeness (QED) is 0.904. The van der Waals surface area contributed by atoms with E-state index in [0.29, 0.717) is 19.7 Å². The van der Waals surface area contributed by atoms with Crippen molar-refractivity contribution in [3.8, 4) is 0 Å². The molecule has 1 aromatic heterocycles. The van der Waals surface area contributed by atoms with E-state index in [0.717, 1.165) is 36.5 Å². The number of anilines is 1. The van der Waals surface area contributed by atoms with Gasteiger partial charge in [0.15, 0.2) is 0 Å². The lowest BCUT2D eigenvalue weighted by atomic mass is 10.1. The molecule has 1 saturated heterocycles. The van der Waals surface area contributed by atoms with E-state index in [1.54, 1.807) is 0 Å². The molecule has 2 heterocycles. The normalized spacial score (nSPS) is 18.6. The van der Waals surface area contributed by atoms with E-state index in [-0.39, 0.29) is 12.0 Å². The van der Waals surface area contributed by atoms with Crippen molar-refractivity contribution < 1.29 is 9.53 Å². The number of pyridine rings is 1. The molecule has 1 aliphatic heterocycles. The molecule has 1 amide bonds. The summed E-state index contributed by atoms with van der Waals surface area (Å²) in [6.07, 6.45) is 1.96. The molecule has 0 aromatic carbocycles. The summed E-state index contributed by atoms with van der Waals surface area (Å²) >= 11 is 0. The molecular formula is C16H25N3O2. The van der Waals surface area contributed by atoms with E-state index in [9.17, 15) is 4.79 Å². The Bertz CT molecular complexity index is 490. The average molecular weight is 291 g/mol. The van der Waals surface area contributed by atoms with E-state index in [1.807, 2.05) is 24.0 Å². The van der Waals surface area contributed by atoms with Gasteiger partial charge in [0, 0.05) is 30.9 Å². The number of carbonyl (C=O) groups excluding carboxylic acids is 1. The van der Waals surface area contributed by atoms with Gasteiger partial charge in [-0.1, -0.05) is 13.8 Å². The average Bonchev–Trinajstić information content (AvgIpc) is 2.51. The first-order chi connectivity index (χ1) is 10.1. The smallest absolute Gasteiger partial charge is 0.254 e. The van der Waals surface area contributed by atoms with Gasteiger partial charge in [-0.15, -0.1) is 0 Å². The van der Waals surface area contributed by atoms with Crippen molar-refractivity contribution in [2.45, 2.75) is 39.7 Å². The highest BCUT2D eigenvalue weighted by Gasteiger charge is 2.23. The van der Waals surface area contributed by atoms with Crippen LogP contribution in [0.25, 0.3) is 0 Å². The molecule has 1 N–H and O–H groups in total. The minimum Gasteiger partial charge on any atom is -0.375 e. The minimum absolute atomic E-state index is 0.0711. The van der Waals surface area contributed by atoms with Crippen molar-refractivity contribution in [3.63, 3.8) is 0 Å². The van der Waals surface area contributed by atoms with Gasteiger partial charge in [-0.25, -0.2) is 4.98 Å². The van der Waals surface area contributed by atoms with Crippen molar-refractivity contribution in [2.75, 3.05) is 31.6 Å². The molecule has 5 nitrogen and oxygen atoms in total. The predicted octanol–water partition coefficient (Wildman–Crippen LogP) is 2.33. The molecule has 0 saturated carbocycles. The zero-order valence-electron chi connectivity index (χ0n) is 13.2. The molecule has 0 aliphatic carbocycles. The third kappa shape index (κ3) is 4.17. The number of morpholine rings is 1. The van der Waals surface area contributed by atoms with E-state index >= 15 is 0 Å². The second-order valence-corrected chi connectivity index (χ2v) is 5.45. The van der Waals surface area contributed by atoms with Gasteiger partial charge < -0.3 is 15.0 Å². The Morgan fingerprint density at radius 2 is 2.29 bits per heavy atom. The fraction of sp³-hybridized carbons (Fsp3) is 0.625. The van der Waals surface area contributed by atoms with Crippen molar-refractivity contribution >= 4 is 11.7 Å². The topological polar surface area (TPSA) is 54.5 Å². The highest BCUT2D eigenvalue weighted by molar-refractivity contribution is 5.95. The zero-order chi connectivity index (χ0) is 15.2. The Balaban J connectivity index is 2.18. The SMILES string of the molecule is CCCNc1cc(C(=O)N2CCOC(C)C2)cc(CC)n1. The maximum atomic E-state index is 12.7. The molecule has 1 aromatic rings. The van der Waals surface area contributed by atoms with E-state index < -0.39 is 0 Å². The summed E-state index contributed by atoms with van der Waals surface area (Å²) in [5.41, 5.74) is 1.66. The van der Waals surface area contributed by atoms with Crippen molar-refractivity contribution in [3.05, 3.63) is 23.4 Å². The lowest BCUT2D eigenvalue weighted by Gasteiger charge is -2.31. The first-order valence-electron chi connectivity index (χ1n) is 7.79. The van der Waals surface area contributed by atoms with Gasteiger partial charge in [-0.2, -0.15) is 0 Å². The van der Waals surface area contributed by atoms with Crippen LogP contribution in [0.3, 0.4) is 0 Å². The van der Waals surface area contributed by atoms with Gasteiger partial charge in [0.1, 0.15) is 5.82 Å².